The van der Waals surface area contributed by atoms with Crippen molar-refractivity contribution in [1.82, 2.24) is 10.2 Å². The molecule has 1 aliphatic rings. The Kier molecular flexibility index (Phi) is 7.19. The van der Waals surface area contributed by atoms with Gasteiger partial charge in [0.2, 0.25) is 0 Å². The van der Waals surface area contributed by atoms with Gasteiger partial charge in [0.05, 0.1) is 21.0 Å². The van der Waals surface area contributed by atoms with Gasteiger partial charge in [0.15, 0.2) is 0 Å². The molecule has 1 aliphatic heterocycles. The molecule has 4 amide bonds. The summed E-state index contributed by atoms with van der Waals surface area (Å²) in [6, 6.07) is 15.6. The average molecular weight is 496 g/mol. The molecule has 1 saturated heterocycles. The summed E-state index contributed by atoms with van der Waals surface area (Å²) < 4.78 is 13.1. The van der Waals surface area contributed by atoms with Crippen LogP contribution in [0.4, 0.5) is 14.9 Å². The number of carbonyl (C=O) groups is 4. The molecule has 2 aromatic carbocycles. The number of nitrogens with one attached hydrogen (secondary N) is 2. The summed E-state index contributed by atoms with van der Waals surface area (Å²) in [5.41, 5.74) is 1.21. The Labute approximate surface area is 202 Å². The molecule has 10 heteroatoms. The second kappa shape index (κ2) is 10.4. The van der Waals surface area contributed by atoms with Crippen LogP contribution in [0.1, 0.15) is 25.6 Å². The number of imide groups is 1. The SMILES string of the molecule is O=C(Nc1ccccc1C(=O)NCCN1C(=O)S/C(=C\c2ccc(F)cc2)C1=O)c1cccs1. The van der Waals surface area contributed by atoms with Crippen LogP contribution >= 0.6 is 23.1 Å². The molecule has 0 spiro atoms. The van der Waals surface area contributed by atoms with Gasteiger partial charge < -0.3 is 10.6 Å². The molecule has 0 radical (unpaired) electrons. The first-order valence-corrected chi connectivity index (χ1v) is 11.8. The van der Waals surface area contributed by atoms with Gasteiger partial charge in [0.1, 0.15) is 5.82 Å². The minimum Gasteiger partial charge on any atom is -0.350 e. The van der Waals surface area contributed by atoms with E-state index in [4.69, 9.17) is 0 Å². The Morgan fingerprint density at radius 2 is 1.74 bits per heavy atom. The summed E-state index contributed by atoms with van der Waals surface area (Å²) in [7, 11) is 0. The Balaban J connectivity index is 1.36. The number of amides is 4. The minimum atomic E-state index is -0.475. The van der Waals surface area contributed by atoms with Crippen molar-refractivity contribution in [2.24, 2.45) is 0 Å². The molecular weight excluding hydrogens is 477 g/mol. The van der Waals surface area contributed by atoms with Crippen LogP contribution in [-0.2, 0) is 4.79 Å². The molecule has 1 fully saturated rings. The normalized spacial score (nSPS) is 14.5. The number of thiophene rings is 1. The van der Waals surface area contributed by atoms with E-state index in [0.29, 0.717) is 16.1 Å². The number of hydrogen-bond donors (Lipinski definition) is 2. The predicted octanol–water partition coefficient (Wildman–Crippen LogP) is 4.61. The molecule has 4 rings (SSSR count). The van der Waals surface area contributed by atoms with Crippen LogP contribution in [-0.4, -0.2) is 41.0 Å². The first-order valence-electron chi connectivity index (χ1n) is 10.2. The molecule has 0 saturated carbocycles. The van der Waals surface area contributed by atoms with Crippen LogP contribution in [0.3, 0.4) is 0 Å². The van der Waals surface area contributed by atoms with Gasteiger partial charge in [-0.2, -0.15) is 0 Å². The number of carbonyl (C=O) groups excluding carboxylic acids is 4. The van der Waals surface area contributed by atoms with Crippen LogP contribution in [0.15, 0.2) is 70.9 Å². The summed E-state index contributed by atoms with van der Waals surface area (Å²) in [6.45, 7) is 0.0226. The highest BCUT2D eigenvalue weighted by atomic mass is 32.2. The van der Waals surface area contributed by atoms with E-state index in [2.05, 4.69) is 10.6 Å². The molecule has 3 aromatic rings. The van der Waals surface area contributed by atoms with Crippen molar-refractivity contribution in [3.8, 4) is 0 Å². The average Bonchev–Trinajstić information content (AvgIpc) is 3.45. The first kappa shape index (κ1) is 23.4. The second-order valence-corrected chi connectivity index (χ2v) is 9.06. The molecule has 1 aromatic heterocycles. The third-order valence-corrected chi connectivity index (χ3v) is 6.60. The molecule has 172 valence electrons. The van der Waals surface area contributed by atoms with Gasteiger partial charge in [-0.1, -0.05) is 30.3 Å². The number of rotatable bonds is 7. The number of anilines is 1. The Morgan fingerprint density at radius 1 is 0.971 bits per heavy atom. The highest BCUT2D eigenvalue weighted by Gasteiger charge is 2.34. The molecule has 2 heterocycles. The largest absolute Gasteiger partial charge is 0.350 e. The van der Waals surface area contributed by atoms with Crippen LogP contribution in [0.5, 0.6) is 0 Å². The first-order chi connectivity index (χ1) is 16.4. The van der Waals surface area contributed by atoms with Gasteiger partial charge >= 0.3 is 0 Å². The monoisotopic (exact) mass is 495 g/mol. The van der Waals surface area contributed by atoms with Crippen LogP contribution in [0, 0.1) is 5.82 Å². The number of benzene rings is 2. The number of para-hydroxylation sites is 1. The fourth-order valence-electron chi connectivity index (χ4n) is 3.16. The van der Waals surface area contributed by atoms with Crippen molar-refractivity contribution in [2.75, 3.05) is 18.4 Å². The van der Waals surface area contributed by atoms with Gasteiger partial charge in [0, 0.05) is 13.1 Å². The van der Waals surface area contributed by atoms with Crippen molar-refractivity contribution in [3.63, 3.8) is 0 Å². The van der Waals surface area contributed by atoms with E-state index >= 15 is 0 Å². The summed E-state index contributed by atoms with van der Waals surface area (Å²) in [5.74, 6) is -1.64. The van der Waals surface area contributed by atoms with Gasteiger partial charge in [-0.3, -0.25) is 24.1 Å². The maximum absolute atomic E-state index is 13.1. The molecule has 2 N–H and O–H groups in total. The smallest absolute Gasteiger partial charge is 0.293 e. The number of thioether (sulfide) groups is 1. The van der Waals surface area contributed by atoms with Gasteiger partial charge in [-0.25, -0.2) is 4.39 Å². The van der Waals surface area contributed by atoms with Gasteiger partial charge in [-0.05, 0) is 59.1 Å². The highest BCUT2D eigenvalue weighted by Crippen LogP contribution is 2.32. The topological polar surface area (TPSA) is 95.6 Å². The van der Waals surface area contributed by atoms with Crippen molar-refractivity contribution >= 4 is 57.8 Å². The van der Waals surface area contributed by atoms with Crippen LogP contribution in [0.2, 0.25) is 0 Å². The lowest BCUT2D eigenvalue weighted by Gasteiger charge is -2.14. The van der Waals surface area contributed by atoms with Crippen molar-refractivity contribution in [2.45, 2.75) is 0 Å². The van der Waals surface area contributed by atoms with Crippen LogP contribution in [0.25, 0.3) is 6.08 Å². The maximum atomic E-state index is 13.1. The maximum Gasteiger partial charge on any atom is 0.293 e. The molecule has 0 atom stereocenters. The quantitative estimate of drug-likeness (QED) is 0.467. The van der Waals surface area contributed by atoms with Gasteiger partial charge in [0.25, 0.3) is 23.0 Å². The van der Waals surface area contributed by atoms with Crippen molar-refractivity contribution in [1.29, 1.82) is 0 Å². The van der Waals surface area contributed by atoms with Gasteiger partial charge in [-0.15, -0.1) is 11.3 Å². The summed E-state index contributed by atoms with van der Waals surface area (Å²) in [5, 5.41) is 6.75. The fourth-order valence-corrected chi connectivity index (χ4v) is 4.65. The summed E-state index contributed by atoms with van der Waals surface area (Å²) in [4.78, 5) is 51.7. The Morgan fingerprint density at radius 3 is 2.47 bits per heavy atom. The predicted molar refractivity (Wildman–Crippen MR) is 130 cm³/mol. The fraction of sp³-hybridized carbons (Fsp3) is 0.0833. The zero-order chi connectivity index (χ0) is 24.1. The number of nitrogens with zero attached hydrogens (tertiary/aromatic N) is 1. The zero-order valence-electron chi connectivity index (χ0n) is 17.6. The standard InChI is InChI=1S/C24H18FN3O4S2/c25-16-9-7-15(8-10-16)14-20-23(31)28(24(32)34-20)12-11-26-21(29)17-4-1-2-5-18(17)27-22(30)19-6-3-13-33-19/h1-10,13-14H,11-12H2,(H,26,29)(H,27,30)/b20-14-. The van der Waals surface area contributed by atoms with Crippen molar-refractivity contribution < 1.29 is 23.6 Å². The molecular formula is C24H18FN3O4S2. The highest BCUT2D eigenvalue weighted by molar-refractivity contribution is 8.18. The van der Waals surface area contributed by atoms with E-state index in [1.807, 2.05) is 0 Å². The minimum absolute atomic E-state index is 0.0130. The lowest BCUT2D eigenvalue weighted by atomic mass is 10.1. The number of hydrogen-bond acceptors (Lipinski definition) is 6. The lowest BCUT2D eigenvalue weighted by molar-refractivity contribution is -0.122. The zero-order valence-corrected chi connectivity index (χ0v) is 19.3. The van der Waals surface area contributed by atoms with E-state index in [1.54, 1.807) is 41.8 Å². The molecule has 0 aliphatic carbocycles. The number of halogens is 1. The molecule has 0 bridgehead atoms. The van der Waals surface area contributed by atoms with E-state index in [-0.39, 0.29) is 29.5 Å². The van der Waals surface area contributed by atoms with E-state index < -0.39 is 22.9 Å². The molecule has 0 unspecified atom stereocenters. The van der Waals surface area contributed by atoms with E-state index in [9.17, 15) is 23.6 Å². The second-order valence-electron chi connectivity index (χ2n) is 7.12. The molecule has 7 nitrogen and oxygen atoms in total. The Bertz CT molecular complexity index is 1270. The third kappa shape index (κ3) is 5.41. The lowest BCUT2D eigenvalue weighted by Crippen LogP contribution is -2.37. The van der Waals surface area contributed by atoms with E-state index in [1.165, 1.54) is 41.7 Å². The Hall–Kier alpha value is -3.76. The van der Waals surface area contributed by atoms with E-state index in [0.717, 1.165) is 16.7 Å². The molecule has 34 heavy (non-hydrogen) atoms. The third-order valence-electron chi connectivity index (χ3n) is 4.83. The van der Waals surface area contributed by atoms with Crippen LogP contribution < -0.4 is 10.6 Å². The summed E-state index contributed by atoms with van der Waals surface area (Å²) >= 11 is 2.08. The summed E-state index contributed by atoms with van der Waals surface area (Å²) in [6.07, 6.45) is 1.52. The van der Waals surface area contributed by atoms with Crippen molar-refractivity contribution in [3.05, 3.63) is 92.8 Å².